The van der Waals surface area contributed by atoms with Crippen molar-refractivity contribution in [2.45, 2.75) is 13.5 Å². The molecule has 0 bridgehead atoms. The van der Waals surface area contributed by atoms with E-state index in [0.29, 0.717) is 12.1 Å². The molecule has 0 unspecified atom stereocenters. The van der Waals surface area contributed by atoms with Crippen molar-refractivity contribution >= 4 is 17.0 Å². The number of aryl methyl sites for hydroxylation is 1. The highest BCUT2D eigenvalue weighted by Crippen LogP contribution is 2.20. The first-order chi connectivity index (χ1) is 10.6. The number of benzene rings is 2. The summed E-state index contributed by atoms with van der Waals surface area (Å²) in [7, 11) is 1.35. The van der Waals surface area contributed by atoms with Crippen LogP contribution in [0.3, 0.4) is 0 Å². The number of hydrogen-bond acceptors (Lipinski definition) is 3. The van der Waals surface area contributed by atoms with Gasteiger partial charge in [-0.15, -0.1) is 0 Å². The van der Waals surface area contributed by atoms with E-state index >= 15 is 0 Å². The summed E-state index contributed by atoms with van der Waals surface area (Å²) in [5, 5.41) is 0. The third kappa shape index (κ3) is 2.57. The van der Waals surface area contributed by atoms with Crippen molar-refractivity contribution in [1.29, 1.82) is 0 Å². The normalized spacial score (nSPS) is 10.9. The monoisotopic (exact) mass is 298 g/mol. The van der Waals surface area contributed by atoms with Gasteiger partial charge in [-0.1, -0.05) is 12.1 Å². The molecule has 3 rings (SSSR count). The maximum absolute atomic E-state index is 13.0. The molecule has 0 atom stereocenters. The van der Waals surface area contributed by atoms with Crippen LogP contribution >= 0.6 is 0 Å². The van der Waals surface area contributed by atoms with Crippen LogP contribution in [0.1, 0.15) is 21.7 Å². The van der Waals surface area contributed by atoms with E-state index < -0.39 is 0 Å². The van der Waals surface area contributed by atoms with Crippen molar-refractivity contribution in [1.82, 2.24) is 9.55 Å². The van der Waals surface area contributed by atoms with Gasteiger partial charge < -0.3 is 9.30 Å². The topological polar surface area (TPSA) is 44.1 Å². The fourth-order valence-corrected chi connectivity index (χ4v) is 2.47. The number of halogens is 1. The lowest BCUT2D eigenvalue weighted by Crippen LogP contribution is -2.03. The molecule has 1 aromatic heterocycles. The van der Waals surface area contributed by atoms with Crippen molar-refractivity contribution in [2.24, 2.45) is 0 Å². The van der Waals surface area contributed by atoms with Gasteiger partial charge in [-0.25, -0.2) is 14.2 Å². The second-order valence-corrected chi connectivity index (χ2v) is 5.07. The van der Waals surface area contributed by atoms with Crippen LogP contribution < -0.4 is 0 Å². The van der Waals surface area contributed by atoms with Gasteiger partial charge in [0.1, 0.15) is 11.6 Å². The molecule has 112 valence electrons. The fourth-order valence-electron chi connectivity index (χ4n) is 2.47. The predicted molar refractivity (Wildman–Crippen MR) is 81.3 cm³/mol. The summed E-state index contributed by atoms with van der Waals surface area (Å²) in [4.78, 5) is 16.1. The van der Waals surface area contributed by atoms with Gasteiger partial charge in [0, 0.05) is 6.54 Å². The molecule has 4 nitrogen and oxygen atoms in total. The van der Waals surface area contributed by atoms with Crippen LogP contribution in [-0.4, -0.2) is 22.6 Å². The Hall–Kier alpha value is -2.69. The summed E-state index contributed by atoms with van der Waals surface area (Å²) >= 11 is 0. The molecule has 0 N–H and O–H groups in total. The van der Waals surface area contributed by atoms with Crippen molar-refractivity contribution in [3.63, 3.8) is 0 Å². The molecule has 0 aliphatic carbocycles. The van der Waals surface area contributed by atoms with Crippen LogP contribution in [0.4, 0.5) is 4.39 Å². The molecule has 0 radical (unpaired) electrons. The van der Waals surface area contributed by atoms with Crippen LogP contribution in [0.15, 0.2) is 42.5 Å². The molecule has 0 amide bonds. The number of imidazole rings is 1. The number of carbonyl (C=O) groups is 1. The molecule has 0 spiro atoms. The van der Waals surface area contributed by atoms with E-state index in [1.165, 1.54) is 19.2 Å². The number of rotatable bonds is 3. The summed E-state index contributed by atoms with van der Waals surface area (Å²) in [5.74, 6) is 0.202. The largest absolute Gasteiger partial charge is 0.465 e. The van der Waals surface area contributed by atoms with E-state index in [0.717, 1.165) is 22.4 Å². The molecule has 0 fully saturated rings. The first kappa shape index (κ1) is 14.3. The van der Waals surface area contributed by atoms with Gasteiger partial charge in [-0.3, -0.25) is 0 Å². The van der Waals surface area contributed by atoms with Crippen LogP contribution in [0.25, 0.3) is 11.0 Å². The first-order valence-corrected chi connectivity index (χ1v) is 6.88. The summed E-state index contributed by atoms with van der Waals surface area (Å²) in [6.45, 7) is 2.50. The van der Waals surface area contributed by atoms with Gasteiger partial charge in [-0.05, 0) is 42.8 Å². The lowest BCUT2D eigenvalue weighted by Gasteiger charge is -2.07. The Morgan fingerprint density at radius 1 is 1.23 bits per heavy atom. The van der Waals surface area contributed by atoms with Crippen molar-refractivity contribution < 1.29 is 13.9 Å². The number of ether oxygens (including phenoxy) is 1. The standard InChI is InChI=1S/C17H15FN2O2/c1-11-19-15-9-13(17(21)22-2)5-8-16(15)20(11)10-12-3-6-14(18)7-4-12/h3-9H,10H2,1-2H3. The molecule has 22 heavy (non-hydrogen) atoms. The minimum absolute atomic E-state index is 0.251. The number of nitrogens with zero attached hydrogens (tertiary/aromatic N) is 2. The molecule has 2 aromatic carbocycles. The first-order valence-electron chi connectivity index (χ1n) is 6.88. The zero-order chi connectivity index (χ0) is 15.7. The third-order valence-electron chi connectivity index (χ3n) is 3.61. The number of hydrogen-bond donors (Lipinski definition) is 0. The molecule has 0 aliphatic rings. The second kappa shape index (κ2) is 5.60. The number of methoxy groups -OCH3 is 1. The average Bonchev–Trinajstić information content (AvgIpc) is 2.83. The summed E-state index contributed by atoms with van der Waals surface area (Å²) < 4.78 is 19.7. The van der Waals surface area contributed by atoms with E-state index in [9.17, 15) is 9.18 Å². The Morgan fingerprint density at radius 2 is 1.95 bits per heavy atom. The lowest BCUT2D eigenvalue weighted by atomic mass is 10.2. The summed E-state index contributed by atoms with van der Waals surface area (Å²) in [6.07, 6.45) is 0. The van der Waals surface area contributed by atoms with E-state index in [1.807, 2.05) is 17.6 Å². The Kier molecular flexibility index (Phi) is 3.63. The highest BCUT2D eigenvalue weighted by Gasteiger charge is 2.12. The van der Waals surface area contributed by atoms with Gasteiger partial charge >= 0.3 is 5.97 Å². The molecule has 0 saturated carbocycles. The van der Waals surface area contributed by atoms with Crippen LogP contribution in [0, 0.1) is 12.7 Å². The highest BCUT2D eigenvalue weighted by atomic mass is 19.1. The van der Waals surface area contributed by atoms with Crippen LogP contribution in [0.2, 0.25) is 0 Å². The number of carbonyl (C=O) groups excluding carboxylic acids is 1. The minimum atomic E-state index is -0.382. The maximum atomic E-state index is 13.0. The number of fused-ring (bicyclic) bond motifs is 1. The Labute approximate surface area is 127 Å². The maximum Gasteiger partial charge on any atom is 0.337 e. The predicted octanol–water partition coefficient (Wildman–Crippen LogP) is 3.32. The highest BCUT2D eigenvalue weighted by molar-refractivity contribution is 5.93. The summed E-state index contributed by atoms with van der Waals surface area (Å²) in [6, 6.07) is 11.7. The van der Waals surface area contributed by atoms with E-state index in [4.69, 9.17) is 4.74 Å². The summed E-state index contributed by atoms with van der Waals surface area (Å²) in [5.41, 5.74) is 3.12. The van der Waals surface area contributed by atoms with Gasteiger partial charge in [0.25, 0.3) is 0 Å². The van der Waals surface area contributed by atoms with Crippen molar-refractivity contribution in [3.8, 4) is 0 Å². The third-order valence-corrected chi connectivity index (χ3v) is 3.61. The fraction of sp³-hybridized carbons (Fsp3) is 0.176. The molecule has 5 heteroatoms. The van der Waals surface area contributed by atoms with E-state index in [-0.39, 0.29) is 11.8 Å². The van der Waals surface area contributed by atoms with Gasteiger partial charge in [-0.2, -0.15) is 0 Å². The van der Waals surface area contributed by atoms with Gasteiger partial charge in [0.05, 0.1) is 23.7 Å². The van der Waals surface area contributed by atoms with Gasteiger partial charge in [0.2, 0.25) is 0 Å². The van der Waals surface area contributed by atoms with E-state index in [2.05, 4.69) is 4.98 Å². The molecule has 1 heterocycles. The second-order valence-electron chi connectivity index (χ2n) is 5.07. The van der Waals surface area contributed by atoms with Crippen molar-refractivity contribution in [3.05, 3.63) is 65.2 Å². The molecular formula is C17H15FN2O2. The lowest BCUT2D eigenvalue weighted by molar-refractivity contribution is 0.0601. The zero-order valence-electron chi connectivity index (χ0n) is 12.3. The Bertz CT molecular complexity index is 838. The smallest absolute Gasteiger partial charge is 0.337 e. The molecular weight excluding hydrogens is 283 g/mol. The molecule has 0 saturated heterocycles. The number of aromatic nitrogens is 2. The number of esters is 1. The molecule has 3 aromatic rings. The van der Waals surface area contributed by atoms with Gasteiger partial charge in [0.15, 0.2) is 0 Å². The van der Waals surface area contributed by atoms with Crippen molar-refractivity contribution in [2.75, 3.05) is 7.11 Å². The van der Waals surface area contributed by atoms with Crippen LogP contribution in [0.5, 0.6) is 0 Å². The van der Waals surface area contributed by atoms with E-state index in [1.54, 1.807) is 24.3 Å². The minimum Gasteiger partial charge on any atom is -0.465 e. The SMILES string of the molecule is COC(=O)c1ccc2c(c1)nc(C)n2Cc1ccc(F)cc1. The zero-order valence-corrected chi connectivity index (χ0v) is 12.3. The Balaban J connectivity index is 2.01. The Morgan fingerprint density at radius 3 is 2.64 bits per heavy atom. The van der Waals surface area contributed by atoms with Crippen LogP contribution in [-0.2, 0) is 11.3 Å². The average molecular weight is 298 g/mol. The molecule has 0 aliphatic heterocycles. The quantitative estimate of drug-likeness (QED) is 0.697.